The first-order valence-corrected chi connectivity index (χ1v) is 7.80. The number of rotatable bonds is 3. The Kier molecular flexibility index (Phi) is 5.14. The average Bonchev–Trinajstić information content (AvgIpc) is 2.32. The Morgan fingerprint density at radius 3 is 2.28 bits per heavy atom. The van der Waals surface area contributed by atoms with Crippen molar-refractivity contribution < 1.29 is 0 Å². The lowest BCUT2D eigenvalue weighted by Gasteiger charge is -2.12. The van der Waals surface area contributed by atoms with Gasteiger partial charge in [0, 0.05) is 14.0 Å². The number of hydrogen-bond acceptors (Lipinski definition) is 0. The minimum Gasteiger partial charge on any atom is -0.117 e. The SMILES string of the molecule is Clc1ccc(CC(Cl)c2ccc(Br)cc2Br)cc1. The summed E-state index contributed by atoms with van der Waals surface area (Å²) in [4.78, 5) is 0. The molecule has 94 valence electrons. The summed E-state index contributed by atoms with van der Waals surface area (Å²) in [7, 11) is 0. The van der Waals surface area contributed by atoms with Crippen molar-refractivity contribution in [2.24, 2.45) is 0 Å². The highest BCUT2D eigenvalue weighted by Crippen LogP contribution is 2.33. The fourth-order valence-electron chi connectivity index (χ4n) is 1.69. The van der Waals surface area contributed by atoms with Gasteiger partial charge in [-0.1, -0.05) is 61.7 Å². The van der Waals surface area contributed by atoms with Crippen molar-refractivity contribution in [2.45, 2.75) is 11.8 Å². The van der Waals surface area contributed by atoms with Gasteiger partial charge in [-0.3, -0.25) is 0 Å². The van der Waals surface area contributed by atoms with Gasteiger partial charge in [0.2, 0.25) is 0 Å². The van der Waals surface area contributed by atoms with E-state index >= 15 is 0 Å². The fourth-order valence-corrected chi connectivity index (χ4v) is 3.64. The lowest BCUT2D eigenvalue weighted by Crippen LogP contribution is -1.97. The lowest BCUT2D eigenvalue weighted by molar-refractivity contribution is 0.914. The Balaban J connectivity index is 2.16. The highest BCUT2D eigenvalue weighted by molar-refractivity contribution is 9.11. The smallest absolute Gasteiger partial charge is 0.0636 e. The van der Waals surface area contributed by atoms with Crippen LogP contribution in [0.3, 0.4) is 0 Å². The Hall–Kier alpha value is -0.0200. The maximum atomic E-state index is 6.46. The first-order valence-electron chi connectivity index (χ1n) is 5.40. The van der Waals surface area contributed by atoms with Gasteiger partial charge in [0.15, 0.2) is 0 Å². The standard InChI is InChI=1S/C14H10Br2Cl2/c15-10-3-6-12(13(16)8-10)14(18)7-9-1-4-11(17)5-2-9/h1-6,8,14H,7H2. The van der Waals surface area contributed by atoms with E-state index in [1.807, 2.05) is 42.5 Å². The van der Waals surface area contributed by atoms with Crippen LogP contribution >= 0.6 is 55.1 Å². The van der Waals surface area contributed by atoms with Crippen LogP contribution < -0.4 is 0 Å². The van der Waals surface area contributed by atoms with Crippen molar-refractivity contribution in [1.82, 2.24) is 0 Å². The van der Waals surface area contributed by atoms with E-state index in [1.165, 1.54) is 5.56 Å². The van der Waals surface area contributed by atoms with Crippen LogP contribution in [0.4, 0.5) is 0 Å². The van der Waals surface area contributed by atoms with Crippen LogP contribution in [0.2, 0.25) is 5.02 Å². The van der Waals surface area contributed by atoms with Crippen molar-refractivity contribution in [1.29, 1.82) is 0 Å². The van der Waals surface area contributed by atoms with Crippen LogP contribution in [0.5, 0.6) is 0 Å². The van der Waals surface area contributed by atoms with E-state index < -0.39 is 0 Å². The van der Waals surface area contributed by atoms with Gasteiger partial charge in [-0.25, -0.2) is 0 Å². The molecule has 1 atom stereocenters. The fraction of sp³-hybridized carbons (Fsp3) is 0.143. The number of hydrogen-bond donors (Lipinski definition) is 0. The molecule has 0 aliphatic rings. The van der Waals surface area contributed by atoms with Gasteiger partial charge in [-0.05, 0) is 41.8 Å². The van der Waals surface area contributed by atoms with Crippen LogP contribution in [0.1, 0.15) is 16.5 Å². The highest BCUT2D eigenvalue weighted by atomic mass is 79.9. The third-order valence-electron chi connectivity index (χ3n) is 2.63. The zero-order valence-electron chi connectivity index (χ0n) is 9.34. The van der Waals surface area contributed by atoms with Crippen molar-refractivity contribution >= 4 is 55.1 Å². The normalized spacial score (nSPS) is 12.4. The highest BCUT2D eigenvalue weighted by Gasteiger charge is 2.12. The molecular formula is C14H10Br2Cl2. The van der Waals surface area contributed by atoms with E-state index in [9.17, 15) is 0 Å². The van der Waals surface area contributed by atoms with Crippen molar-refractivity contribution in [3.8, 4) is 0 Å². The second-order valence-corrected chi connectivity index (χ2v) is 6.70. The minimum absolute atomic E-state index is 0.0614. The van der Waals surface area contributed by atoms with E-state index in [4.69, 9.17) is 23.2 Å². The quantitative estimate of drug-likeness (QED) is 0.516. The molecule has 0 amide bonds. The molecule has 0 nitrogen and oxygen atoms in total. The Bertz CT molecular complexity index is 538. The summed E-state index contributed by atoms with van der Waals surface area (Å²) in [5.74, 6) is 0. The van der Waals surface area contributed by atoms with Gasteiger partial charge in [0.05, 0.1) is 5.38 Å². The van der Waals surface area contributed by atoms with Gasteiger partial charge in [0.1, 0.15) is 0 Å². The lowest BCUT2D eigenvalue weighted by atomic mass is 10.0. The molecular weight excluding hydrogens is 399 g/mol. The Morgan fingerprint density at radius 1 is 1.00 bits per heavy atom. The maximum absolute atomic E-state index is 6.46. The minimum atomic E-state index is -0.0614. The van der Waals surface area contributed by atoms with Crippen LogP contribution in [-0.2, 0) is 6.42 Å². The number of alkyl halides is 1. The molecule has 0 fully saturated rings. The third kappa shape index (κ3) is 3.74. The molecule has 2 rings (SSSR count). The second kappa shape index (κ2) is 6.42. The molecule has 0 heterocycles. The third-order valence-corrected chi connectivity index (χ3v) is 4.45. The Morgan fingerprint density at radius 2 is 1.67 bits per heavy atom. The van der Waals surface area contributed by atoms with Gasteiger partial charge in [-0.15, -0.1) is 11.6 Å². The Labute approximate surface area is 134 Å². The summed E-state index contributed by atoms with van der Waals surface area (Å²) in [5, 5.41) is 0.684. The molecule has 0 spiro atoms. The molecule has 4 heteroatoms. The molecule has 1 unspecified atom stereocenters. The van der Waals surface area contributed by atoms with Crippen LogP contribution in [0, 0.1) is 0 Å². The van der Waals surface area contributed by atoms with Crippen LogP contribution in [0.25, 0.3) is 0 Å². The van der Waals surface area contributed by atoms with E-state index in [-0.39, 0.29) is 5.38 Å². The molecule has 0 radical (unpaired) electrons. The van der Waals surface area contributed by atoms with Crippen LogP contribution in [0.15, 0.2) is 51.4 Å². The first kappa shape index (κ1) is 14.4. The summed E-state index contributed by atoms with van der Waals surface area (Å²) in [6.07, 6.45) is 0.777. The van der Waals surface area contributed by atoms with E-state index in [1.54, 1.807) is 0 Å². The predicted octanol–water partition coefficient (Wildman–Crippen LogP) is 6.39. The van der Waals surface area contributed by atoms with Gasteiger partial charge in [0.25, 0.3) is 0 Å². The predicted molar refractivity (Wildman–Crippen MR) is 85.6 cm³/mol. The summed E-state index contributed by atoms with van der Waals surface area (Å²) in [6.45, 7) is 0. The topological polar surface area (TPSA) is 0 Å². The van der Waals surface area contributed by atoms with Gasteiger partial charge in [-0.2, -0.15) is 0 Å². The maximum Gasteiger partial charge on any atom is 0.0636 e. The molecule has 0 aliphatic carbocycles. The molecule has 0 saturated carbocycles. The van der Waals surface area contributed by atoms with E-state index in [0.717, 1.165) is 26.0 Å². The monoisotopic (exact) mass is 406 g/mol. The number of benzene rings is 2. The van der Waals surface area contributed by atoms with E-state index in [2.05, 4.69) is 31.9 Å². The van der Waals surface area contributed by atoms with E-state index in [0.29, 0.717) is 0 Å². The summed E-state index contributed by atoms with van der Waals surface area (Å²) < 4.78 is 2.05. The van der Waals surface area contributed by atoms with Crippen LogP contribution in [-0.4, -0.2) is 0 Å². The van der Waals surface area contributed by atoms with Crippen molar-refractivity contribution in [3.05, 3.63) is 67.6 Å². The zero-order valence-corrected chi connectivity index (χ0v) is 14.0. The summed E-state index contributed by atoms with van der Waals surface area (Å²) in [6, 6.07) is 13.8. The van der Waals surface area contributed by atoms with Gasteiger partial charge < -0.3 is 0 Å². The average molecular weight is 409 g/mol. The molecule has 0 bridgehead atoms. The molecule has 0 aliphatic heterocycles. The molecule has 18 heavy (non-hydrogen) atoms. The molecule has 2 aromatic carbocycles. The van der Waals surface area contributed by atoms with Crippen molar-refractivity contribution in [3.63, 3.8) is 0 Å². The largest absolute Gasteiger partial charge is 0.117 e. The first-order chi connectivity index (χ1) is 8.56. The zero-order chi connectivity index (χ0) is 13.1. The summed E-state index contributed by atoms with van der Waals surface area (Å²) in [5.41, 5.74) is 2.27. The van der Waals surface area contributed by atoms with Crippen molar-refractivity contribution in [2.75, 3.05) is 0 Å². The summed E-state index contributed by atoms with van der Waals surface area (Å²) >= 11 is 19.3. The van der Waals surface area contributed by atoms with Gasteiger partial charge >= 0.3 is 0 Å². The molecule has 0 aromatic heterocycles. The second-order valence-electron chi connectivity index (χ2n) is 3.96. The number of halogens is 4. The molecule has 0 saturated heterocycles. The molecule has 0 N–H and O–H groups in total. The molecule has 2 aromatic rings.